The van der Waals surface area contributed by atoms with E-state index in [4.69, 9.17) is 14.6 Å². The fraction of sp³-hybridized carbons (Fsp3) is 0.167. The van der Waals surface area contributed by atoms with Gasteiger partial charge in [-0.2, -0.15) is 5.10 Å². The lowest BCUT2D eigenvalue weighted by molar-refractivity contribution is -0.161. The minimum Gasteiger partial charge on any atom is -0.493 e. The Kier molecular flexibility index (Phi) is 4.39. The molecule has 0 aromatic heterocycles. The standard InChI is InChI=1S/C24H17Br2N3O3/c1-31-21-4-2-3-16-20-12-19(13-5-7-14(25)8-6-13)28-29(20)24(32-22(16)21)17-11-15(26)9-10-18(17)27-23(24)30/h2-11,20H,12H2,1H3,(H,27,30). The lowest BCUT2D eigenvalue weighted by atomic mass is 9.92. The van der Waals surface area contributed by atoms with Gasteiger partial charge in [-0.3, -0.25) is 4.79 Å². The summed E-state index contributed by atoms with van der Waals surface area (Å²) in [6.07, 6.45) is 0.642. The summed E-state index contributed by atoms with van der Waals surface area (Å²) >= 11 is 7.04. The number of benzene rings is 3. The molecule has 0 radical (unpaired) electrons. The van der Waals surface area contributed by atoms with Crippen LogP contribution in [-0.4, -0.2) is 23.7 Å². The lowest BCUT2D eigenvalue weighted by Crippen LogP contribution is -2.55. The number of ether oxygens (including phenoxy) is 2. The normalized spacial score (nSPS) is 22.6. The fourth-order valence-electron chi connectivity index (χ4n) is 4.68. The first-order valence-corrected chi connectivity index (χ1v) is 11.7. The zero-order valence-electron chi connectivity index (χ0n) is 16.9. The van der Waals surface area contributed by atoms with Crippen LogP contribution in [0.1, 0.15) is 29.2 Å². The van der Waals surface area contributed by atoms with Crippen LogP contribution in [0.4, 0.5) is 5.69 Å². The Morgan fingerprint density at radius 3 is 2.69 bits per heavy atom. The molecule has 1 amide bonds. The third kappa shape index (κ3) is 2.69. The highest BCUT2D eigenvalue weighted by molar-refractivity contribution is 9.10. The van der Waals surface area contributed by atoms with E-state index in [-0.39, 0.29) is 11.9 Å². The molecule has 0 aliphatic carbocycles. The van der Waals surface area contributed by atoms with E-state index in [9.17, 15) is 4.79 Å². The van der Waals surface area contributed by atoms with E-state index in [1.807, 2.05) is 65.7 Å². The van der Waals surface area contributed by atoms with Gasteiger partial charge in [-0.25, -0.2) is 5.01 Å². The van der Waals surface area contributed by atoms with Crippen molar-refractivity contribution in [2.24, 2.45) is 5.10 Å². The molecule has 3 heterocycles. The number of carbonyl (C=O) groups is 1. The van der Waals surface area contributed by atoms with E-state index in [1.165, 1.54) is 0 Å². The zero-order valence-corrected chi connectivity index (χ0v) is 20.1. The average molecular weight is 555 g/mol. The predicted molar refractivity (Wildman–Crippen MR) is 128 cm³/mol. The molecule has 0 saturated carbocycles. The molecule has 3 aliphatic heterocycles. The first kappa shape index (κ1) is 19.8. The van der Waals surface area contributed by atoms with E-state index < -0.39 is 5.72 Å². The number of nitrogens with one attached hydrogen (secondary N) is 1. The summed E-state index contributed by atoms with van der Waals surface area (Å²) in [5.74, 6) is 0.898. The van der Waals surface area contributed by atoms with Crippen LogP contribution in [0.3, 0.4) is 0 Å². The third-order valence-electron chi connectivity index (χ3n) is 6.15. The van der Waals surface area contributed by atoms with Crippen molar-refractivity contribution in [2.45, 2.75) is 18.2 Å². The number of hydrogen-bond donors (Lipinski definition) is 1. The van der Waals surface area contributed by atoms with Gasteiger partial charge in [0.05, 0.1) is 30.1 Å². The first-order valence-electron chi connectivity index (χ1n) is 10.1. The van der Waals surface area contributed by atoms with Crippen LogP contribution >= 0.6 is 31.9 Å². The predicted octanol–water partition coefficient (Wildman–Crippen LogP) is 5.57. The Morgan fingerprint density at radius 2 is 1.91 bits per heavy atom. The van der Waals surface area contributed by atoms with Gasteiger partial charge < -0.3 is 14.8 Å². The van der Waals surface area contributed by atoms with Gasteiger partial charge in [0.2, 0.25) is 0 Å². The molecule has 2 atom stereocenters. The molecular weight excluding hydrogens is 538 g/mol. The maximum Gasteiger partial charge on any atom is 0.306 e. The number of carbonyl (C=O) groups excluding carboxylic acids is 1. The molecular formula is C24H17Br2N3O3. The van der Waals surface area contributed by atoms with Crippen LogP contribution in [-0.2, 0) is 10.5 Å². The topological polar surface area (TPSA) is 63.2 Å². The Balaban J connectivity index is 1.59. The van der Waals surface area contributed by atoms with Crippen molar-refractivity contribution < 1.29 is 14.3 Å². The maximum absolute atomic E-state index is 13.5. The molecule has 32 heavy (non-hydrogen) atoms. The van der Waals surface area contributed by atoms with Gasteiger partial charge in [0, 0.05) is 20.9 Å². The Labute approximate surface area is 201 Å². The number of hydrogen-bond acceptors (Lipinski definition) is 5. The summed E-state index contributed by atoms with van der Waals surface area (Å²) in [6, 6.07) is 19.3. The number of hydrazone groups is 1. The molecule has 3 aromatic carbocycles. The smallest absolute Gasteiger partial charge is 0.306 e. The minimum atomic E-state index is -1.43. The van der Waals surface area contributed by atoms with Crippen molar-refractivity contribution in [1.82, 2.24) is 5.01 Å². The Bertz CT molecular complexity index is 1310. The molecule has 6 rings (SSSR count). The van der Waals surface area contributed by atoms with Crippen molar-refractivity contribution in [1.29, 1.82) is 0 Å². The van der Waals surface area contributed by atoms with Crippen molar-refractivity contribution in [3.05, 3.63) is 86.3 Å². The van der Waals surface area contributed by atoms with Gasteiger partial charge in [-0.1, -0.05) is 56.1 Å². The van der Waals surface area contributed by atoms with Gasteiger partial charge in [-0.15, -0.1) is 0 Å². The second-order valence-corrected chi connectivity index (χ2v) is 9.72. The highest BCUT2D eigenvalue weighted by atomic mass is 79.9. The SMILES string of the molecule is COc1cccc2c1OC1(C(=O)Nc3ccc(Br)cc31)N1N=C(c3ccc(Br)cc3)CC21. The number of nitrogens with zero attached hydrogens (tertiary/aromatic N) is 2. The molecule has 0 fully saturated rings. The van der Waals surface area contributed by atoms with E-state index in [2.05, 4.69) is 37.2 Å². The van der Waals surface area contributed by atoms with Crippen LogP contribution < -0.4 is 14.8 Å². The minimum absolute atomic E-state index is 0.178. The second kappa shape index (κ2) is 7.08. The summed E-state index contributed by atoms with van der Waals surface area (Å²) in [5.41, 5.74) is 2.86. The number of para-hydroxylation sites is 1. The van der Waals surface area contributed by atoms with Crippen LogP contribution in [0.5, 0.6) is 11.5 Å². The number of fused-ring (bicyclic) bond motifs is 6. The van der Waals surface area contributed by atoms with Gasteiger partial charge in [0.1, 0.15) is 0 Å². The van der Waals surface area contributed by atoms with Crippen LogP contribution in [0.15, 0.2) is 74.7 Å². The molecule has 8 heteroatoms. The summed E-state index contributed by atoms with van der Waals surface area (Å²) < 4.78 is 14.0. The van der Waals surface area contributed by atoms with E-state index in [0.717, 1.165) is 31.3 Å². The summed E-state index contributed by atoms with van der Waals surface area (Å²) in [5, 5.41) is 9.78. The molecule has 1 spiro atoms. The van der Waals surface area contributed by atoms with E-state index in [0.29, 0.717) is 23.6 Å². The Hall–Kier alpha value is -2.84. The number of amides is 1. The quantitative estimate of drug-likeness (QED) is 0.450. The third-order valence-corrected chi connectivity index (χ3v) is 7.17. The largest absolute Gasteiger partial charge is 0.493 e. The van der Waals surface area contributed by atoms with Crippen molar-refractivity contribution in [3.8, 4) is 11.5 Å². The molecule has 1 N–H and O–H groups in total. The Morgan fingerprint density at radius 1 is 1.12 bits per heavy atom. The van der Waals surface area contributed by atoms with Crippen LogP contribution in [0, 0.1) is 0 Å². The van der Waals surface area contributed by atoms with Gasteiger partial charge >= 0.3 is 5.72 Å². The molecule has 160 valence electrons. The molecule has 6 nitrogen and oxygen atoms in total. The van der Waals surface area contributed by atoms with Crippen molar-refractivity contribution in [2.75, 3.05) is 12.4 Å². The lowest BCUT2D eigenvalue weighted by Gasteiger charge is -2.44. The number of rotatable bonds is 2. The summed E-state index contributed by atoms with van der Waals surface area (Å²) in [4.78, 5) is 13.5. The molecule has 3 aliphatic rings. The molecule has 0 bridgehead atoms. The fourth-order valence-corrected chi connectivity index (χ4v) is 5.31. The van der Waals surface area contributed by atoms with Gasteiger partial charge in [-0.05, 0) is 42.0 Å². The van der Waals surface area contributed by atoms with E-state index >= 15 is 0 Å². The first-order chi connectivity index (χ1) is 15.5. The number of halogens is 2. The van der Waals surface area contributed by atoms with E-state index in [1.54, 1.807) is 7.11 Å². The molecule has 0 saturated heterocycles. The number of methoxy groups -OCH3 is 1. The second-order valence-electron chi connectivity index (χ2n) is 7.89. The average Bonchev–Trinajstić information content (AvgIpc) is 3.35. The highest BCUT2D eigenvalue weighted by Crippen LogP contribution is 2.56. The zero-order chi connectivity index (χ0) is 22.0. The van der Waals surface area contributed by atoms with Gasteiger partial charge in [0.15, 0.2) is 11.5 Å². The van der Waals surface area contributed by atoms with Crippen molar-refractivity contribution >= 4 is 49.2 Å². The monoisotopic (exact) mass is 553 g/mol. The van der Waals surface area contributed by atoms with Crippen LogP contribution in [0.2, 0.25) is 0 Å². The maximum atomic E-state index is 13.5. The van der Waals surface area contributed by atoms with Crippen molar-refractivity contribution in [3.63, 3.8) is 0 Å². The van der Waals surface area contributed by atoms with Gasteiger partial charge in [0.25, 0.3) is 5.91 Å². The summed E-state index contributed by atoms with van der Waals surface area (Å²) in [6.45, 7) is 0. The number of anilines is 1. The molecule has 2 unspecified atom stereocenters. The molecule has 3 aromatic rings. The van der Waals surface area contributed by atoms with Crippen LogP contribution in [0.25, 0.3) is 0 Å². The highest BCUT2D eigenvalue weighted by Gasteiger charge is 2.61. The summed E-state index contributed by atoms with van der Waals surface area (Å²) in [7, 11) is 1.61.